The number of aromatic nitrogens is 4. The molecule has 0 amide bonds. The molecule has 2 aromatic heterocycles. The van der Waals surface area contributed by atoms with Crippen molar-refractivity contribution in [2.45, 2.75) is 13.8 Å². The molecule has 0 N–H and O–H groups in total. The van der Waals surface area contributed by atoms with E-state index >= 15 is 0 Å². The van der Waals surface area contributed by atoms with E-state index in [1.807, 2.05) is 18.7 Å². The van der Waals surface area contributed by atoms with E-state index < -0.39 is 5.82 Å². The van der Waals surface area contributed by atoms with Crippen LogP contribution in [-0.2, 0) is 0 Å². The molecule has 0 spiro atoms. The lowest BCUT2D eigenvalue weighted by Gasteiger charge is -2.26. The number of ether oxygens (including phenoxy) is 2. The smallest absolute Gasteiger partial charge is 0.257 e. The summed E-state index contributed by atoms with van der Waals surface area (Å²) in [5.74, 6) is 1.29. The highest BCUT2D eigenvalue weighted by atomic mass is 19.1. The number of nitrogens with zero attached hydrogens (tertiary/aromatic N) is 5. The summed E-state index contributed by atoms with van der Waals surface area (Å²) >= 11 is 0. The van der Waals surface area contributed by atoms with Crippen LogP contribution >= 0.6 is 0 Å². The molecular weight excluding hydrogens is 325 g/mol. The normalized spacial score (nSPS) is 10.9. The molecule has 0 aliphatic carbocycles. The zero-order chi connectivity index (χ0) is 18.0. The number of halogens is 1. The fourth-order valence-electron chi connectivity index (χ4n) is 2.91. The van der Waals surface area contributed by atoms with Crippen molar-refractivity contribution in [1.29, 1.82) is 0 Å². The summed E-state index contributed by atoms with van der Waals surface area (Å²) in [5, 5.41) is 4.26. The van der Waals surface area contributed by atoms with Crippen molar-refractivity contribution in [1.82, 2.24) is 19.6 Å². The van der Waals surface area contributed by atoms with Crippen LogP contribution in [0.4, 0.5) is 10.2 Å². The highest BCUT2D eigenvalue weighted by molar-refractivity contribution is 5.85. The maximum Gasteiger partial charge on any atom is 0.257 e. The van der Waals surface area contributed by atoms with Crippen LogP contribution in [0.15, 0.2) is 24.5 Å². The second kappa shape index (κ2) is 6.92. The number of methoxy groups -OCH3 is 2. The third-order valence-corrected chi connectivity index (χ3v) is 4.07. The molecule has 1 aromatic carbocycles. The summed E-state index contributed by atoms with van der Waals surface area (Å²) in [6, 6.07) is 4.69. The van der Waals surface area contributed by atoms with Gasteiger partial charge in [0.25, 0.3) is 5.78 Å². The van der Waals surface area contributed by atoms with E-state index in [1.54, 1.807) is 16.6 Å². The number of benzene rings is 1. The van der Waals surface area contributed by atoms with E-state index in [4.69, 9.17) is 9.47 Å². The minimum atomic E-state index is -0.424. The van der Waals surface area contributed by atoms with Crippen molar-refractivity contribution < 1.29 is 13.9 Å². The molecule has 3 aromatic rings. The van der Waals surface area contributed by atoms with Gasteiger partial charge in [0.15, 0.2) is 0 Å². The van der Waals surface area contributed by atoms with Crippen LogP contribution < -0.4 is 14.4 Å². The Morgan fingerprint density at radius 2 is 1.88 bits per heavy atom. The van der Waals surface area contributed by atoms with E-state index in [0.29, 0.717) is 36.0 Å². The molecule has 25 heavy (non-hydrogen) atoms. The first-order valence-corrected chi connectivity index (χ1v) is 8.01. The molecule has 0 fully saturated rings. The van der Waals surface area contributed by atoms with E-state index in [1.165, 1.54) is 26.6 Å². The van der Waals surface area contributed by atoms with Gasteiger partial charge in [0.05, 0.1) is 25.3 Å². The number of hydrogen-bond acceptors (Lipinski definition) is 6. The molecule has 0 saturated heterocycles. The van der Waals surface area contributed by atoms with Gasteiger partial charge >= 0.3 is 0 Å². The Morgan fingerprint density at radius 1 is 1.12 bits per heavy atom. The molecule has 0 bridgehead atoms. The van der Waals surface area contributed by atoms with Gasteiger partial charge in [-0.15, -0.1) is 0 Å². The quantitative estimate of drug-likeness (QED) is 0.684. The lowest BCUT2D eigenvalue weighted by atomic mass is 10.0. The Morgan fingerprint density at radius 3 is 2.52 bits per heavy atom. The monoisotopic (exact) mass is 345 g/mol. The lowest BCUT2D eigenvalue weighted by Crippen LogP contribution is -2.26. The second-order valence-corrected chi connectivity index (χ2v) is 5.28. The SMILES string of the molecule is CCN(CC)c1c(-c2c(F)cccc2OC)c(OC)nc2ncnn12. The maximum atomic E-state index is 14.8. The van der Waals surface area contributed by atoms with Gasteiger partial charge in [0.1, 0.15) is 23.7 Å². The third-order valence-electron chi connectivity index (χ3n) is 4.07. The van der Waals surface area contributed by atoms with Crippen LogP contribution in [0.2, 0.25) is 0 Å². The summed E-state index contributed by atoms with van der Waals surface area (Å²) < 4.78 is 27.2. The lowest BCUT2D eigenvalue weighted by molar-refractivity contribution is 0.396. The highest BCUT2D eigenvalue weighted by Crippen LogP contribution is 2.43. The van der Waals surface area contributed by atoms with Crippen LogP contribution in [0, 0.1) is 5.82 Å². The van der Waals surface area contributed by atoms with Crippen molar-refractivity contribution in [2.24, 2.45) is 0 Å². The Labute approximate surface area is 145 Å². The number of hydrogen-bond donors (Lipinski definition) is 0. The molecule has 0 radical (unpaired) electrons. The summed E-state index contributed by atoms with van der Waals surface area (Å²) in [6.45, 7) is 5.42. The van der Waals surface area contributed by atoms with E-state index in [9.17, 15) is 4.39 Å². The van der Waals surface area contributed by atoms with Crippen LogP contribution in [0.3, 0.4) is 0 Å². The average Bonchev–Trinajstić information content (AvgIpc) is 3.10. The molecule has 0 aliphatic rings. The Balaban J connectivity index is 2.47. The van der Waals surface area contributed by atoms with E-state index in [2.05, 4.69) is 15.1 Å². The minimum absolute atomic E-state index is 0.269. The maximum absolute atomic E-state index is 14.8. The van der Waals surface area contributed by atoms with Crippen molar-refractivity contribution in [3.05, 3.63) is 30.3 Å². The topological polar surface area (TPSA) is 64.8 Å². The van der Waals surface area contributed by atoms with E-state index in [0.717, 1.165) is 0 Å². The van der Waals surface area contributed by atoms with Crippen molar-refractivity contribution in [3.8, 4) is 22.8 Å². The minimum Gasteiger partial charge on any atom is -0.496 e. The molecule has 0 saturated carbocycles. The summed E-state index contributed by atoms with van der Waals surface area (Å²) in [6.07, 6.45) is 1.41. The van der Waals surface area contributed by atoms with Crippen LogP contribution in [0.1, 0.15) is 13.8 Å². The van der Waals surface area contributed by atoms with Crippen molar-refractivity contribution in [3.63, 3.8) is 0 Å². The molecule has 132 valence electrons. The van der Waals surface area contributed by atoms with Gasteiger partial charge in [0.2, 0.25) is 5.88 Å². The molecule has 2 heterocycles. The van der Waals surface area contributed by atoms with E-state index in [-0.39, 0.29) is 11.4 Å². The second-order valence-electron chi connectivity index (χ2n) is 5.28. The van der Waals surface area contributed by atoms with Gasteiger partial charge in [0, 0.05) is 13.1 Å². The van der Waals surface area contributed by atoms with Crippen LogP contribution in [0.25, 0.3) is 16.9 Å². The largest absolute Gasteiger partial charge is 0.496 e. The first-order valence-electron chi connectivity index (χ1n) is 8.01. The predicted molar refractivity (Wildman–Crippen MR) is 92.8 cm³/mol. The average molecular weight is 345 g/mol. The fraction of sp³-hybridized carbons (Fsp3) is 0.353. The molecule has 8 heteroatoms. The first-order chi connectivity index (χ1) is 12.2. The Bertz CT molecular complexity index is 892. The molecular formula is C17H20FN5O2. The first kappa shape index (κ1) is 16.9. The zero-order valence-electron chi connectivity index (χ0n) is 14.7. The van der Waals surface area contributed by atoms with Gasteiger partial charge in [-0.3, -0.25) is 0 Å². The van der Waals surface area contributed by atoms with Gasteiger partial charge in [-0.1, -0.05) is 6.07 Å². The van der Waals surface area contributed by atoms with Gasteiger partial charge < -0.3 is 14.4 Å². The van der Waals surface area contributed by atoms with Crippen molar-refractivity contribution >= 4 is 11.6 Å². The highest BCUT2D eigenvalue weighted by Gasteiger charge is 2.27. The molecule has 0 unspecified atom stereocenters. The zero-order valence-corrected chi connectivity index (χ0v) is 14.7. The molecule has 7 nitrogen and oxygen atoms in total. The number of anilines is 1. The third kappa shape index (κ3) is 2.73. The van der Waals surface area contributed by atoms with Gasteiger partial charge in [-0.05, 0) is 26.0 Å². The number of fused-ring (bicyclic) bond motifs is 1. The van der Waals surface area contributed by atoms with Gasteiger partial charge in [-0.2, -0.15) is 19.6 Å². The standard InChI is InChI=1S/C17H20FN5O2/c1-5-22(6-2)16-14(13-11(18)8-7-9-12(13)24-3)15(25-4)21-17-19-10-20-23(16)17/h7-10H,5-6H2,1-4H3. The fourth-order valence-corrected chi connectivity index (χ4v) is 2.91. The number of rotatable bonds is 6. The Hall–Kier alpha value is -2.90. The summed E-state index contributed by atoms with van der Waals surface area (Å²) in [5.41, 5.74) is 0.771. The van der Waals surface area contributed by atoms with Gasteiger partial charge in [-0.25, -0.2) is 4.39 Å². The van der Waals surface area contributed by atoms with Crippen LogP contribution in [0.5, 0.6) is 11.6 Å². The predicted octanol–water partition coefficient (Wildman–Crippen LogP) is 2.79. The summed E-state index contributed by atoms with van der Waals surface area (Å²) in [7, 11) is 3.00. The summed E-state index contributed by atoms with van der Waals surface area (Å²) in [4.78, 5) is 10.6. The van der Waals surface area contributed by atoms with Crippen molar-refractivity contribution in [2.75, 3.05) is 32.2 Å². The Kier molecular flexibility index (Phi) is 4.69. The molecule has 3 rings (SSSR count). The molecule has 0 aliphatic heterocycles. The molecule has 0 atom stereocenters. The van der Waals surface area contributed by atoms with Crippen LogP contribution in [-0.4, -0.2) is 46.9 Å².